The van der Waals surface area contributed by atoms with Gasteiger partial charge in [-0.3, -0.25) is 0 Å². The number of ether oxygens (including phenoxy) is 2. The van der Waals surface area contributed by atoms with Gasteiger partial charge < -0.3 is 14.6 Å². The fourth-order valence-corrected chi connectivity index (χ4v) is 0.905. The van der Waals surface area contributed by atoms with Crippen LogP contribution >= 0.6 is 0 Å². The van der Waals surface area contributed by atoms with E-state index in [9.17, 15) is 31.9 Å². The van der Waals surface area contributed by atoms with Crippen LogP contribution < -0.4 is 0 Å². The van der Waals surface area contributed by atoms with Gasteiger partial charge in [-0.1, -0.05) is 6.58 Å². The highest BCUT2D eigenvalue weighted by atomic mass is 19.4. The van der Waals surface area contributed by atoms with Gasteiger partial charge in [-0.2, -0.15) is 22.0 Å². The summed E-state index contributed by atoms with van der Waals surface area (Å²) in [4.78, 5) is 10.9. The first kappa shape index (κ1) is 18.8. The summed E-state index contributed by atoms with van der Waals surface area (Å²) in [5.74, 6) is -5.60. The molecule has 0 saturated carbocycles. The van der Waals surface area contributed by atoms with Crippen LogP contribution in [0.4, 0.5) is 22.0 Å². The van der Waals surface area contributed by atoms with Crippen molar-refractivity contribution in [2.24, 2.45) is 0 Å². The van der Waals surface area contributed by atoms with Crippen molar-refractivity contribution in [3.63, 3.8) is 0 Å². The van der Waals surface area contributed by atoms with Crippen molar-refractivity contribution in [1.82, 2.24) is 0 Å². The lowest BCUT2D eigenvalue weighted by molar-refractivity contribution is -0.287. The van der Waals surface area contributed by atoms with Gasteiger partial charge in [0.25, 0.3) is 0 Å². The molecule has 0 heterocycles. The van der Waals surface area contributed by atoms with Crippen LogP contribution in [0.25, 0.3) is 0 Å². The summed E-state index contributed by atoms with van der Waals surface area (Å²) >= 11 is 0. The number of aliphatic hydroxyl groups is 1. The summed E-state index contributed by atoms with van der Waals surface area (Å²) in [5.41, 5.74) is 0.0999. The standard InChI is InChI=1S/C11H15F5O4/c1-7(2)9(18)20-6-8(17)5-19-4-3-10(12,13)11(14,15)16/h8,17H,1,3-6H2,2H3. The summed E-state index contributed by atoms with van der Waals surface area (Å²) in [6.07, 6.45) is -8.50. The van der Waals surface area contributed by atoms with Crippen LogP contribution in [0, 0.1) is 0 Å². The predicted octanol–water partition coefficient (Wildman–Crippen LogP) is 2.07. The van der Waals surface area contributed by atoms with Crippen molar-refractivity contribution in [1.29, 1.82) is 0 Å². The summed E-state index contributed by atoms with van der Waals surface area (Å²) < 4.78 is 69.3. The molecule has 0 aromatic carbocycles. The van der Waals surface area contributed by atoms with Gasteiger partial charge in [0.05, 0.1) is 13.2 Å². The minimum absolute atomic E-state index is 0.0999. The molecule has 1 atom stereocenters. The summed E-state index contributed by atoms with van der Waals surface area (Å²) in [6.45, 7) is 2.77. The van der Waals surface area contributed by atoms with E-state index in [1.54, 1.807) is 0 Å². The van der Waals surface area contributed by atoms with Crippen LogP contribution in [0.1, 0.15) is 13.3 Å². The fourth-order valence-electron chi connectivity index (χ4n) is 0.905. The predicted molar refractivity (Wildman–Crippen MR) is 58.2 cm³/mol. The number of hydrogen-bond donors (Lipinski definition) is 1. The van der Waals surface area contributed by atoms with Crippen LogP contribution in [0.15, 0.2) is 12.2 Å². The summed E-state index contributed by atoms with van der Waals surface area (Å²) in [5, 5.41) is 9.23. The molecule has 0 spiro atoms. The van der Waals surface area contributed by atoms with Crippen molar-refractivity contribution in [2.75, 3.05) is 19.8 Å². The largest absolute Gasteiger partial charge is 0.460 e. The Morgan fingerprint density at radius 2 is 1.80 bits per heavy atom. The molecule has 0 aliphatic rings. The molecule has 0 aliphatic heterocycles. The molecule has 0 radical (unpaired) electrons. The number of aliphatic hydroxyl groups excluding tert-OH is 1. The maximum absolute atomic E-state index is 12.5. The fraction of sp³-hybridized carbons (Fsp3) is 0.727. The van der Waals surface area contributed by atoms with E-state index in [0.29, 0.717) is 0 Å². The Labute approximate surface area is 112 Å². The van der Waals surface area contributed by atoms with E-state index in [2.05, 4.69) is 16.1 Å². The van der Waals surface area contributed by atoms with E-state index in [-0.39, 0.29) is 5.57 Å². The molecule has 118 valence electrons. The molecule has 0 aliphatic carbocycles. The molecule has 0 aromatic heterocycles. The van der Waals surface area contributed by atoms with Crippen molar-refractivity contribution in [3.05, 3.63) is 12.2 Å². The molecule has 0 aromatic rings. The molecule has 20 heavy (non-hydrogen) atoms. The zero-order chi connectivity index (χ0) is 16.0. The maximum atomic E-state index is 12.5. The SMILES string of the molecule is C=C(C)C(=O)OCC(O)COCCC(F)(F)C(F)(F)F. The number of alkyl halides is 5. The number of carbonyl (C=O) groups excluding carboxylic acids is 1. The van der Waals surface area contributed by atoms with Crippen molar-refractivity contribution in [2.45, 2.75) is 31.5 Å². The molecule has 1 N–H and O–H groups in total. The van der Waals surface area contributed by atoms with Gasteiger partial charge in [0.2, 0.25) is 0 Å². The average molecular weight is 306 g/mol. The zero-order valence-electron chi connectivity index (χ0n) is 10.7. The minimum Gasteiger partial charge on any atom is -0.460 e. The van der Waals surface area contributed by atoms with Gasteiger partial charge in [-0.15, -0.1) is 0 Å². The van der Waals surface area contributed by atoms with Crippen molar-refractivity contribution < 1.29 is 41.3 Å². The van der Waals surface area contributed by atoms with E-state index in [1.165, 1.54) is 6.92 Å². The molecule has 0 saturated heterocycles. The second-order valence-electron chi connectivity index (χ2n) is 4.06. The number of halogens is 5. The molecule has 0 rings (SSSR count). The Balaban J connectivity index is 3.86. The maximum Gasteiger partial charge on any atom is 0.453 e. The Morgan fingerprint density at radius 3 is 2.25 bits per heavy atom. The van der Waals surface area contributed by atoms with E-state index >= 15 is 0 Å². The van der Waals surface area contributed by atoms with Gasteiger partial charge in [0.15, 0.2) is 0 Å². The van der Waals surface area contributed by atoms with Gasteiger partial charge in [-0.25, -0.2) is 4.79 Å². The Bertz CT molecular complexity index is 340. The highest BCUT2D eigenvalue weighted by molar-refractivity contribution is 5.86. The van der Waals surface area contributed by atoms with E-state index < -0.39 is 50.4 Å². The van der Waals surface area contributed by atoms with Gasteiger partial charge in [0, 0.05) is 12.0 Å². The Morgan fingerprint density at radius 1 is 1.25 bits per heavy atom. The molecule has 0 bridgehead atoms. The first-order valence-corrected chi connectivity index (χ1v) is 5.50. The molecule has 0 fully saturated rings. The zero-order valence-corrected chi connectivity index (χ0v) is 10.7. The van der Waals surface area contributed by atoms with Crippen LogP contribution in [0.2, 0.25) is 0 Å². The van der Waals surface area contributed by atoms with Crippen LogP contribution in [0.3, 0.4) is 0 Å². The lowest BCUT2D eigenvalue weighted by Gasteiger charge is -2.19. The van der Waals surface area contributed by atoms with Crippen LogP contribution in [-0.2, 0) is 14.3 Å². The second-order valence-corrected chi connectivity index (χ2v) is 4.06. The first-order valence-electron chi connectivity index (χ1n) is 5.50. The second kappa shape index (κ2) is 7.53. The third-order valence-corrected chi connectivity index (χ3v) is 2.04. The third kappa shape index (κ3) is 6.80. The number of rotatable bonds is 8. The molecular weight excluding hydrogens is 291 g/mol. The van der Waals surface area contributed by atoms with E-state index in [0.717, 1.165) is 0 Å². The lowest BCUT2D eigenvalue weighted by atomic mass is 10.2. The smallest absolute Gasteiger partial charge is 0.453 e. The molecule has 4 nitrogen and oxygen atoms in total. The minimum atomic E-state index is -5.63. The third-order valence-electron chi connectivity index (χ3n) is 2.04. The molecular formula is C11H15F5O4. The van der Waals surface area contributed by atoms with E-state index in [1.807, 2.05) is 0 Å². The van der Waals surface area contributed by atoms with Crippen molar-refractivity contribution >= 4 is 5.97 Å². The van der Waals surface area contributed by atoms with Crippen molar-refractivity contribution in [3.8, 4) is 0 Å². The number of carbonyl (C=O) groups is 1. The quantitative estimate of drug-likeness (QED) is 0.323. The highest BCUT2D eigenvalue weighted by Crippen LogP contribution is 2.37. The summed E-state index contributed by atoms with van der Waals surface area (Å²) in [7, 11) is 0. The topological polar surface area (TPSA) is 55.8 Å². The van der Waals surface area contributed by atoms with Gasteiger partial charge >= 0.3 is 18.1 Å². The van der Waals surface area contributed by atoms with Gasteiger partial charge in [0.1, 0.15) is 12.7 Å². The van der Waals surface area contributed by atoms with Crippen LogP contribution in [-0.4, -0.2) is 49.1 Å². The number of hydrogen-bond acceptors (Lipinski definition) is 4. The first-order chi connectivity index (χ1) is 8.97. The average Bonchev–Trinajstić information content (AvgIpc) is 2.30. The summed E-state index contributed by atoms with van der Waals surface area (Å²) in [6, 6.07) is 0. The lowest BCUT2D eigenvalue weighted by Crippen LogP contribution is -2.37. The normalized spacial score (nSPS) is 13.9. The van der Waals surface area contributed by atoms with E-state index in [4.69, 9.17) is 0 Å². The molecule has 9 heteroatoms. The Kier molecular flexibility index (Phi) is 7.07. The Hall–Kier alpha value is -1.22. The highest BCUT2D eigenvalue weighted by Gasteiger charge is 2.56. The molecule has 1 unspecified atom stereocenters. The van der Waals surface area contributed by atoms with Crippen LogP contribution in [0.5, 0.6) is 0 Å². The van der Waals surface area contributed by atoms with Gasteiger partial charge in [-0.05, 0) is 6.92 Å². The molecule has 0 amide bonds. The monoisotopic (exact) mass is 306 g/mol. The number of esters is 1.